The largest absolute Gasteiger partial charge is 0.462 e. The lowest BCUT2D eigenvalue weighted by Gasteiger charge is -2.23. The fraction of sp³-hybridized carbons (Fsp3) is 0.375. The van der Waals surface area contributed by atoms with E-state index in [1.165, 1.54) is 0 Å². The van der Waals surface area contributed by atoms with Gasteiger partial charge in [0.1, 0.15) is 6.10 Å². The van der Waals surface area contributed by atoms with E-state index in [0.29, 0.717) is 11.3 Å². The number of ether oxygens (including phenoxy) is 1. The molecule has 1 aliphatic heterocycles. The van der Waals surface area contributed by atoms with Crippen LogP contribution < -0.4 is 10.6 Å². The molecular weight excluding hydrogens is 380 g/mol. The smallest absolute Gasteiger partial charge is 0.310 e. The number of benzene rings is 2. The van der Waals surface area contributed by atoms with E-state index in [2.05, 4.69) is 10.6 Å². The number of hydrogen-bond acceptors (Lipinski definition) is 4. The lowest BCUT2D eigenvalue weighted by molar-refractivity contribution is -0.145. The first kappa shape index (κ1) is 18.9. The molecule has 6 heteroatoms. The maximum atomic E-state index is 13.0. The van der Waals surface area contributed by atoms with Crippen molar-refractivity contribution in [1.82, 2.24) is 0 Å². The average Bonchev–Trinajstić information content (AvgIpc) is 3.33. The van der Waals surface area contributed by atoms with E-state index in [0.717, 1.165) is 29.7 Å². The number of anilines is 2. The minimum atomic E-state index is -0.339. The van der Waals surface area contributed by atoms with Gasteiger partial charge in [0.2, 0.25) is 5.91 Å². The van der Waals surface area contributed by atoms with Crippen LogP contribution in [0.2, 0.25) is 0 Å². The van der Waals surface area contributed by atoms with Crippen molar-refractivity contribution in [1.29, 1.82) is 0 Å². The third kappa shape index (κ3) is 2.98. The van der Waals surface area contributed by atoms with Crippen molar-refractivity contribution in [3.63, 3.8) is 0 Å². The van der Waals surface area contributed by atoms with E-state index in [1.54, 1.807) is 24.3 Å². The molecular formula is C24H24N2O4. The second-order valence-corrected chi connectivity index (χ2v) is 8.71. The molecule has 30 heavy (non-hydrogen) atoms. The van der Waals surface area contributed by atoms with Crippen molar-refractivity contribution in [3.8, 4) is 0 Å². The molecule has 2 aliphatic carbocycles. The monoisotopic (exact) mass is 404 g/mol. The van der Waals surface area contributed by atoms with E-state index in [-0.39, 0.29) is 47.6 Å². The zero-order valence-electron chi connectivity index (χ0n) is 17.0. The molecule has 2 amide bonds. The Bertz CT molecular complexity index is 1040. The summed E-state index contributed by atoms with van der Waals surface area (Å²) < 4.78 is 5.42. The highest BCUT2D eigenvalue weighted by Gasteiger charge is 2.63. The normalized spacial score (nSPS) is 28.3. The highest BCUT2D eigenvalue weighted by molar-refractivity contribution is 6.06. The summed E-state index contributed by atoms with van der Waals surface area (Å²) in [6.07, 6.45) is 1.68. The summed E-state index contributed by atoms with van der Waals surface area (Å²) in [5.41, 5.74) is 3.80. The van der Waals surface area contributed by atoms with E-state index in [1.807, 2.05) is 32.0 Å². The van der Waals surface area contributed by atoms with Crippen LogP contribution in [0, 0.1) is 37.5 Å². The lowest BCUT2D eigenvalue weighted by Crippen LogP contribution is -2.35. The summed E-state index contributed by atoms with van der Waals surface area (Å²) in [7, 11) is 0. The molecule has 0 radical (unpaired) electrons. The molecule has 5 rings (SSSR count). The van der Waals surface area contributed by atoms with Gasteiger partial charge < -0.3 is 15.4 Å². The number of aryl methyl sites for hydroxylation is 2. The Morgan fingerprint density at radius 1 is 1.00 bits per heavy atom. The Morgan fingerprint density at radius 2 is 1.73 bits per heavy atom. The van der Waals surface area contributed by atoms with Gasteiger partial charge in [-0.2, -0.15) is 0 Å². The van der Waals surface area contributed by atoms with Gasteiger partial charge in [0.05, 0.1) is 11.8 Å². The number of fused-ring (bicyclic) bond motifs is 1. The Balaban J connectivity index is 1.31. The third-order valence-electron chi connectivity index (χ3n) is 6.90. The van der Waals surface area contributed by atoms with Crippen molar-refractivity contribution < 1.29 is 19.1 Å². The molecule has 2 bridgehead atoms. The first-order valence-electron chi connectivity index (χ1n) is 10.4. The van der Waals surface area contributed by atoms with Gasteiger partial charge in [0, 0.05) is 22.9 Å². The van der Waals surface area contributed by atoms with Gasteiger partial charge in [-0.25, -0.2) is 0 Å². The second-order valence-electron chi connectivity index (χ2n) is 8.71. The summed E-state index contributed by atoms with van der Waals surface area (Å²) in [4.78, 5) is 37.9. The molecule has 0 unspecified atom stereocenters. The molecule has 5 atom stereocenters. The maximum Gasteiger partial charge on any atom is 0.310 e. The molecule has 2 aromatic carbocycles. The van der Waals surface area contributed by atoms with Gasteiger partial charge >= 0.3 is 5.97 Å². The van der Waals surface area contributed by atoms with Gasteiger partial charge in [0.15, 0.2) is 0 Å². The van der Waals surface area contributed by atoms with Crippen molar-refractivity contribution >= 4 is 29.2 Å². The number of rotatable bonds is 4. The number of hydrogen-bond donors (Lipinski definition) is 2. The van der Waals surface area contributed by atoms with Crippen LogP contribution in [0.15, 0.2) is 42.5 Å². The van der Waals surface area contributed by atoms with E-state index >= 15 is 0 Å². The molecule has 1 heterocycles. The molecule has 0 aromatic heterocycles. The molecule has 1 saturated heterocycles. The van der Waals surface area contributed by atoms with Gasteiger partial charge in [0.25, 0.3) is 5.91 Å². The van der Waals surface area contributed by atoms with Crippen LogP contribution in [-0.2, 0) is 14.3 Å². The molecule has 0 spiro atoms. The predicted molar refractivity (Wildman–Crippen MR) is 112 cm³/mol. The van der Waals surface area contributed by atoms with Crippen LogP contribution in [0.25, 0.3) is 0 Å². The Kier molecular flexibility index (Phi) is 4.38. The quantitative estimate of drug-likeness (QED) is 0.761. The van der Waals surface area contributed by atoms with Gasteiger partial charge in [-0.3, -0.25) is 14.4 Å². The molecule has 2 saturated carbocycles. The predicted octanol–water partition coefficient (Wildman–Crippen LogP) is 3.69. The Hall–Kier alpha value is -3.15. The number of amides is 2. The SMILES string of the molecule is Cc1cccc(C)c1NC(=O)c1cccc(NC(=O)[C@@H]2[C@@H]3C[C@H]4[C@@H]2C(=O)O[C@@H]4C3)c1. The van der Waals surface area contributed by atoms with Crippen LogP contribution in [0.4, 0.5) is 11.4 Å². The van der Waals surface area contributed by atoms with Crippen LogP contribution in [0.1, 0.15) is 34.3 Å². The Labute approximate surface area is 175 Å². The second kappa shape index (κ2) is 6.97. The summed E-state index contributed by atoms with van der Waals surface area (Å²) >= 11 is 0. The lowest BCUT2D eigenvalue weighted by atomic mass is 9.79. The first-order chi connectivity index (χ1) is 14.4. The first-order valence-corrected chi connectivity index (χ1v) is 10.4. The van der Waals surface area contributed by atoms with E-state index < -0.39 is 0 Å². The number of carbonyl (C=O) groups is 3. The molecule has 3 aliphatic rings. The summed E-state index contributed by atoms with van der Waals surface area (Å²) in [5.74, 6) is -0.882. The van der Waals surface area contributed by atoms with Crippen molar-refractivity contribution in [2.45, 2.75) is 32.8 Å². The number of carbonyl (C=O) groups excluding carboxylic acids is 3. The van der Waals surface area contributed by atoms with E-state index in [4.69, 9.17) is 4.74 Å². The van der Waals surface area contributed by atoms with Crippen molar-refractivity contribution in [3.05, 3.63) is 59.2 Å². The van der Waals surface area contributed by atoms with E-state index in [9.17, 15) is 14.4 Å². The summed E-state index contributed by atoms with van der Waals surface area (Å²) in [5, 5.41) is 5.89. The minimum Gasteiger partial charge on any atom is -0.462 e. The number of para-hydroxylation sites is 1. The molecule has 154 valence electrons. The minimum absolute atomic E-state index is 0.00785. The molecule has 6 nitrogen and oxygen atoms in total. The maximum absolute atomic E-state index is 13.0. The topological polar surface area (TPSA) is 84.5 Å². The molecule has 2 N–H and O–H groups in total. The van der Waals surface area contributed by atoms with Crippen molar-refractivity contribution in [2.75, 3.05) is 10.6 Å². The summed E-state index contributed by atoms with van der Waals surface area (Å²) in [6.45, 7) is 3.90. The fourth-order valence-corrected chi connectivity index (χ4v) is 5.52. The fourth-order valence-electron chi connectivity index (χ4n) is 5.52. The number of esters is 1. The highest BCUT2D eigenvalue weighted by atomic mass is 16.6. The Morgan fingerprint density at radius 3 is 2.50 bits per heavy atom. The van der Waals surface area contributed by atoms with Gasteiger partial charge in [-0.1, -0.05) is 24.3 Å². The van der Waals surface area contributed by atoms with Crippen LogP contribution in [-0.4, -0.2) is 23.9 Å². The van der Waals surface area contributed by atoms with Crippen LogP contribution >= 0.6 is 0 Å². The zero-order chi connectivity index (χ0) is 21.0. The third-order valence-corrected chi connectivity index (χ3v) is 6.90. The highest BCUT2D eigenvalue weighted by Crippen LogP contribution is 2.57. The van der Waals surface area contributed by atoms with Gasteiger partial charge in [-0.05, 0) is 61.9 Å². The summed E-state index contributed by atoms with van der Waals surface area (Å²) in [6, 6.07) is 12.8. The zero-order valence-corrected chi connectivity index (χ0v) is 17.0. The van der Waals surface area contributed by atoms with Crippen LogP contribution in [0.5, 0.6) is 0 Å². The number of nitrogens with one attached hydrogen (secondary N) is 2. The van der Waals surface area contributed by atoms with Gasteiger partial charge in [-0.15, -0.1) is 0 Å². The molecule has 2 aromatic rings. The van der Waals surface area contributed by atoms with Crippen molar-refractivity contribution in [2.24, 2.45) is 23.7 Å². The standard InChI is InChI=1S/C24H24N2O4/c1-12-5-3-6-13(2)21(12)26-22(27)14-7-4-8-16(9-14)25-23(28)19-15-10-17-18(11-15)30-24(29)20(17)19/h3-9,15,17-20H,10-11H2,1-2H3,(H,25,28)(H,26,27)/t15-,17-,18-,19-,20+/m1/s1. The average molecular weight is 404 g/mol. The van der Waals surface area contributed by atoms with Crippen LogP contribution in [0.3, 0.4) is 0 Å². The molecule has 3 fully saturated rings.